The molecule has 4 amide bonds. The molecule has 2 heterocycles. The molecule has 0 bridgehead atoms. The summed E-state index contributed by atoms with van der Waals surface area (Å²) in [6.45, 7) is 5.07. The Hall–Kier alpha value is -2.57. The topological polar surface area (TPSA) is 81.8 Å². The van der Waals surface area contributed by atoms with E-state index in [-0.39, 0.29) is 17.8 Å². The maximum atomic E-state index is 12.9. The molecule has 1 fully saturated rings. The third-order valence-electron chi connectivity index (χ3n) is 4.84. The van der Waals surface area contributed by atoms with E-state index in [9.17, 15) is 14.4 Å². The molecule has 0 aromatic heterocycles. The van der Waals surface area contributed by atoms with Crippen LogP contribution in [0.5, 0.6) is 0 Å². The van der Waals surface area contributed by atoms with Gasteiger partial charge in [0.15, 0.2) is 0 Å². The van der Waals surface area contributed by atoms with Crippen LogP contribution in [0.2, 0.25) is 0 Å². The van der Waals surface area contributed by atoms with Gasteiger partial charge in [0.25, 0.3) is 5.91 Å². The average Bonchev–Trinajstić information content (AvgIpc) is 2.91. The molecule has 0 spiro atoms. The van der Waals surface area contributed by atoms with Crippen molar-refractivity contribution >= 4 is 23.5 Å². The van der Waals surface area contributed by atoms with E-state index in [1.165, 1.54) is 0 Å². The molecule has 7 heteroatoms. The number of fused-ring (bicyclic) bond motifs is 1. The smallest absolute Gasteiger partial charge is 0.317 e. The average molecular weight is 358 g/mol. The molecule has 2 aliphatic rings. The molecule has 0 atom stereocenters. The maximum absolute atomic E-state index is 12.9. The molecule has 140 valence electrons. The van der Waals surface area contributed by atoms with Crippen LogP contribution in [-0.4, -0.2) is 60.4 Å². The van der Waals surface area contributed by atoms with E-state index in [1.807, 2.05) is 24.0 Å². The third kappa shape index (κ3) is 4.15. The van der Waals surface area contributed by atoms with Gasteiger partial charge in [-0.25, -0.2) is 4.79 Å². The van der Waals surface area contributed by atoms with Crippen LogP contribution in [0.15, 0.2) is 18.2 Å². The molecule has 26 heavy (non-hydrogen) atoms. The number of hydrogen-bond donors (Lipinski definition) is 2. The number of nitrogens with zero attached hydrogens (tertiary/aromatic N) is 2. The Morgan fingerprint density at radius 3 is 2.69 bits per heavy atom. The highest BCUT2D eigenvalue weighted by atomic mass is 16.2. The highest BCUT2D eigenvalue weighted by Crippen LogP contribution is 2.24. The summed E-state index contributed by atoms with van der Waals surface area (Å²) in [5, 5.41) is 5.73. The minimum atomic E-state index is -0.0503. The van der Waals surface area contributed by atoms with Crippen molar-refractivity contribution in [3.05, 3.63) is 29.3 Å². The van der Waals surface area contributed by atoms with E-state index in [1.54, 1.807) is 11.0 Å². The van der Waals surface area contributed by atoms with Gasteiger partial charge >= 0.3 is 6.03 Å². The van der Waals surface area contributed by atoms with Gasteiger partial charge in [0.2, 0.25) is 5.91 Å². The first kappa shape index (κ1) is 18.2. The molecular weight excluding hydrogens is 332 g/mol. The summed E-state index contributed by atoms with van der Waals surface area (Å²) < 4.78 is 0. The summed E-state index contributed by atoms with van der Waals surface area (Å²) in [5.41, 5.74) is 2.45. The van der Waals surface area contributed by atoms with Crippen molar-refractivity contribution < 1.29 is 14.4 Å². The number of carbonyl (C=O) groups is 3. The van der Waals surface area contributed by atoms with E-state index in [0.29, 0.717) is 51.1 Å². The molecule has 1 aromatic carbocycles. The fourth-order valence-electron chi connectivity index (χ4n) is 3.37. The van der Waals surface area contributed by atoms with Crippen molar-refractivity contribution in [1.29, 1.82) is 0 Å². The molecular formula is C19H26N4O3. The van der Waals surface area contributed by atoms with Crippen LogP contribution >= 0.6 is 0 Å². The van der Waals surface area contributed by atoms with Crippen molar-refractivity contribution in [1.82, 2.24) is 15.1 Å². The monoisotopic (exact) mass is 358 g/mol. The first-order valence-electron chi connectivity index (χ1n) is 9.33. The Kier molecular flexibility index (Phi) is 5.75. The van der Waals surface area contributed by atoms with Crippen molar-refractivity contribution in [2.75, 3.05) is 38.0 Å². The molecule has 2 N–H and O–H groups in total. The molecule has 0 unspecified atom stereocenters. The predicted molar refractivity (Wildman–Crippen MR) is 99.2 cm³/mol. The number of hydrogen-bond acceptors (Lipinski definition) is 3. The SMILES string of the molecule is CCCNC(=O)N1CCCN(C(=O)c2ccc3c(c2)CCC(=O)N3)CC1. The van der Waals surface area contributed by atoms with Crippen molar-refractivity contribution in [3.63, 3.8) is 0 Å². The number of carbonyl (C=O) groups excluding carboxylic acids is 3. The second kappa shape index (κ2) is 8.21. The van der Waals surface area contributed by atoms with E-state index in [0.717, 1.165) is 24.1 Å². The van der Waals surface area contributed by atoms with Crippen LogP contribution in [0, 0.1) is 0 Å². The van der Waals surface area contributed by atoms with Gasteiger partial charge in [0.05, 0.1) is 0 Å². The fourth-order valence-corrected chi connectivity index (χ4v) is 3.37. The number of amides is 4. The Balaban J connectivity index is 1.63. The lowest BCUT2D eigenvalue weighted by atomic mass is 10.00. The van der Waals surface area contributed by atoms with E-state index in [2.05, 4.69) is 10.6 Å². The number of nitrogens with one attached hydrogen (secondary N) is 2. The molecule has 7 nitrogen and oxygen atoms in total. The van der Waals surface area contributed by atoms with Gasteiger partial charge < -0.3 is 20.4 Å². The van der Waals surface area contributed by atoms with Gasteiger partial charge in [-0.1, -0.05) is 6.92 Å². The summed E-state index contributed by atoms with van der Waals surface area (Å²) in [6.07, 6.45) is 2.79. The van der Waals surface area contributed by atoms with E-state index < -0.39 is 0 Å². The standard InChI is InChI=1S/C19H26N4O3/c1-2-8-20-19(26)23-10-3-9-22(11-12-23)18(25)15-4-6-16-14(13-15)5-7-17(24)21-16/h4,6,13H,2-3,5,7-12H2,1H3,(H,20,26)(H,21,24). The first-order valence-corrected chi connectivity index (χ1v) is 9.33. The Morgan fingerprint density at radius 1 is 1.12 bits per heavy atom. The van der Waals surface area contributed by atoms with Gasteiger partial charge in [0.1, 0.15) is 0 Å². The van der Waals surface area contributed by atoms with Crippen LogP contribution in [0.25, 0.3) is 0 Å². The minimum absolute atomic E-state index is 0.0134. The predicted octanol–water partition coefficient (Wildman–Crippen LogP) is 1.84. The van der Waals surface area contributed by atoms with Gasteiger partial charge in [-0.3, -0.25) is 9.59 Å². The number of anilines is 1. The summed E-state index contributed by atoms with van der Waals surface area (Å²) in [6, 6.07) is 5.41. The second-order valence-electron chi connectivity index (χ2n) is 6.78. The zero-order chi connectivity index (χ0) is 18.5. The normalized spacial score (nSPS) is 17.2. The molecule has 0 radical (unpaired) electrons. The van der Waals surface area contributed by atoms with Crippen LogP contribution in [-0.2, 0) is 11.2 Å². The maximum Gasteiger partial charge on any atom is 0.317 e. The number of benzene rings is 1. The van der Waals surface area contributed by atoms with Gasteiger partial charge in [-0.15, -0.1) is 0 Å². The lowest BCUT2D eigenvalue weighted by Gasteiger charge is -2.23. The minimum Gasteiger partial charge on any atom is -0.338 e. The molecule has 1 saturated heterocycles. The summed E-state index contributed by atoms with van der Waals surface area (Å²) in [4.78, 5) is 40.0. The Labute approximate surface area is 153 Å². The van der Waals surface area contributed by atoms with Crippen LogP contribution < -0.4 is 10.6 Å². The molecule has 1 aromatic rings. The highest BCUT2D eigenvalue weighted by molar-refractivity contribution is 5.98. The van der Waals surface area contributed by atoms with Crippen LogP contribution in [0.4, 0.5) is 10.5 Å². The quantitative estimate of drug-likeness (QED) is 0.865. The Bertz CT molecular complexity index is 704. The lowest BCUT2D eigenvalue weighted by Crippen LogP contribution is -2.42. The Morgan fingerprint density at radius 2 is 1.88 bits per heavy atom. The molecule has 0 saturated carbocycles. The number of rotatable bonds is 3. The van der Waals surface area contributed by atoms with Crippen molar-refractivity contribution in [3.8, 4) is 0 Å². The van der Waals surface area contributed by atoms with Gasteiger partial charge in [-0.05, 0) is 43.0 Å². The van der Waals surface area contributed by atoms with Crippen molar-refractivity contribution in [2.45, 2.75) is 32.6 Å². The summed E-state index contributed by atoms with van der Waals surface area (Å²) >= 11 is 0. The molecule has 2 aliphatic heterocycles. The third-order valence-corrected chi connectivity index (χ3v) is 4.84. The van der Waals surface area contributed by atoms with Gasteiger partial charge in [-0.2, -0.15) is 0 Å². The number of aryl methyl sites for hydroxylation is 1. The van der Waals surface area contributed by atoms with Crippen molar-refractivity contribution in [2.24, 2.45) is 0 Å². The fraction of sp³-hybridized carbons (Fsp3) is 0.526. The lowest BCUT2D eigenvalue weighted by molar-refractivity contribution is -0.116. The molecule has 0 aliphatic carbocycles. The molecule has 3 rings (SSSR count). The second-order valence-corrected chi connectivity index (χ2v) is 6.78. The zero-order valence-corrected chi connectivity index (χ0v) is 15.2. The van der Waals surface area contributed by atoms with E-state index in [4.69, 9.17) is 0 Å². The summed E-state index contributed by atoms with van der Waals surface area (Å²) in [7, 11) is 0. The van der Waals surface area contributed by atoms with E-state index >= 15 is 0 Å². The zero-order valence-electron chi connectivity index (χ0n) is 15.2. The van der Waals surface area contributed by atoms with Gasteiger partial charge in [0, 0.05) is 50.4 Å². The van der Waals surface area contributed by atoms with Crippen LogP contribution in [0.1, 0.15) is 42.1 Å². The highest BCUT2D eigenvalue weighted by Gasteiger charge is 2.24. The largest absolute Gasteiger partial charge is 0.338 e. The van der Waals surface area contributed by atoms with Crippen LogP contribution in [0.3, 0.4) is 0 Å². The summed E-state index contributed by atoms with van der Waals surface area (Å²) in [5.74, 6) is 0.00560. The first-order chi connectivity index (χ1) is 12.6. The number of urea groups is 1.